The monoisotopic (exact) mass is 316 g/mol. The van der Waals surface area contributed by atoms with E-state index < -0.39 is 15.6 Å². The van der Waals surface area contributed by atoms with Crippen LogP contribution in [0.15, 0.2) is 12.7 Å². The molecule has 1 atom stereocenters. The molecule has 1 unspecified atom stereocenters. The second-order valence-electron chi connectivity index (χ2n) is 2.00. The van der Waals surface area contributed by atoms with Crippen molar-refractivity contribution in [1.82, 2.24) is 0 Å². The Balaban J connectivity index is -0.0000000400. The van der Waals surface area contributed by atoms with Gasteiger partial charge in [-0.05, 0) is 6.92 Å². The van der Waals surface area contributed by atoms with Crippen LogP contribution in [-0.2, 0) is 9.13 Å². The van der Waals surface area contributed by atoms with Crippen molar-refractivity contribution in [2.45, 2.75) is 13.0 Å². The Morgan fingerprint density at radius 2 is 1.00 bits per heavy atom. The van der Waals surface area contributed by atoms with Gasteiger partial charge in [-0.25, -0.2) is 9.13 Å². The molecule has 0 spiro atoms. The second-order valence-corrected chi connectivity index (χ2v) is 4.06. The van der Waals surface area contributed by atoms with E-state index in [0.29, 0.717) is 0 Å². The number of hydrogen-bond acceptors (Lipinski definition) is 3. The Labute approximate surface area is 143 Å². The van der Waals surface area contributed by atoms with Crippen LogP contribution < -0.4 is 0 Å². The summed E-state index contributed by atoms with van der Waals surface area (Å²) in [6.07, 6.45) is 1.12. The molecule has 0 aromatic carbocycles. The maximum atomic E-state index is 8.88. The summed E-state index contributed by atoms with van der Waals surface area (Å²) in [5, 5.41) is 8.24. The van der Waals surface area contributed by atoms with E-state index >= 15 is 0 Å². The third-order valence-corrected chi connectivity index (χ3v) is 0.341. The second kappa shape index (κ2) is 16.0. The quantitative estimate of drug-likeness (QED) is 0.155. The molecule has 98 valence electrons. The van der Waals surface area contributed by atoms with Gasteiger partial charge in [0.1, 0.15) is 0 Å². The first-order valence-electron chi connectivity index (χ1n) is 3.14. The van der Waals surface area contributed by atoms with Gasteiger partial charge < -0.3 is 34.5 Å². The van der Waals surface area contributed by atoms with Gasteiger partial charge in [-0.3, -0.25) is 0 Å². The molecule has 0 saturated heterocycles. The molecule has 9 nitrogen and oxygen atoms in total. The fourth-order valence-corrected chi connectivity index (χ4v) is 0. The van der Waals surface area contributed by atoms with Crippen molar-refractivity contribution in [1.29, 1.82) is 0 Å². The van der Waals surface area contributed by atoms with Crippen molar-refractivity contribution in [3.63, 3.8) is 0 Å². The van der Waals surface area contributed by atoms with E-state index in [0.717, 1.165) is 0 Å². The van der Waals surface area contributed by atoms with E-state index in [1.807, 2.05) is 0 Å². The minimum absolute atomic E-state index is 0. The Hall–Kier alpha value is 1.92. The molecule has 0 aromatic rings. The summed E-state index contributed by atoms with van der Waals surface area (Å²) in [4.78, 5) is 43.1. The number of rotatable bonds is 1. The van der Waals surface area contributed by atoms with Crippen LogP contribution >= 0.6 is 15.6 Å². The van der Waals surface area contributed by atoms with Crippen molar-refractivity contribution < 1.29 is 43.6 Å². The molecular formula is C4H16Na2O9P2. The van der Waals surface area contributed by atoms with E-state index in [9.17, 15) is 0 Å². The summed E-state index contributed by atoms with van der Waals surface area (Å²) in [5.74, 6) is 0. The van der Waals surface area contributed by atoms with Crippen LogP contribution in [0.25, 0.3) is 0 Å². The van der Waals surface area contributed by atoms with Crippen LogP contribution in [0.3, 0.4) is 0 Å². The Kier molecular flexibility index (Phi) is 29.5. The van der Waals surface area contributed by atoms with Gasteiger partial charge in [-0.1, -0.05) is 6.08 Å². The van der Waals surface area contributed by atoms with Crippen LogP contribution in [0.2, 0.25) is 0 Å². The molecule has 0 bridgehead atoms. The summed E-state index contributed by atoms with van der Waals surface area (Å²) < 4.78 is 17.8. The zero-order valence-corrected chi connectivity index (χ0v) is 9.49. The van der Waals surface area contributed by atoms with Gasteiger partial charge >= 0.3 is 74.8 Å². The molecule has 0 aliphatic heterocycles. The molecular weight excluding hydrogens is 300 g/mol. The van der Waals surface area contributed by atoms with Crippen molar-refractivity contribution in [2.24, 2.45) is 0 Å². The molecule has 0 rings (SSSR count). The third kappa shape index (κ3) is 296. The van der Waals surface area contributed by atoms with E-state index in [-0.39, 0.29) is 65.2 Å². The van der Waals surface area contributed by atoms with Crippen LogP contribution in [0.1, 0.15) is 6.92 Å². The Morgan fingerprint density at radius 3 is 1.00 bits per heavy atom. The van der Waals surface area contributed by atoms with Gasteiger partial charge in [0.25, 0.3) is 0 Å². The summed E-state index contributed by atoms with van der Waals surface area (Å²) in [6.45, 7) is 4.97. The first kappa shape index (κ1) is 31.4. The molecule has 0 aliphatic rings. The van der Waals surface area contributed by atoms with E-state index in [2.05, 4.69) is 6.58 Å². The Morgan fingerprint density at radius 1 is 0.941 bits per heavy atom. The molecule has 0 saturated carbocycles. The molecule has 17 heavy (non-hydrogen) atoms. The average molecular weight is 316 g/mol. The predicted molar refractivity (Wildman–Crippen MR) is 64.7 cm³/mol. The van der Waals surface area contributed by atoms with Crippen LogP contribution in [0.4, 0.5) is 0 Å². The molecule has 0 aromatic heterocycles. The summed E-state index contributed by atoms with van der Waals surface area (Å²) in [6, 6.07) is 0. The van der Waals surface area contributed by atoms with Crippen LogP contribution in [-0.4, -0.2) is 99.7 Å². The SMILES string of the molecule is C=CC(C)O.O=P(O)(O)O.O=P(O)(O)O.[NaH].[NaH]. The van der Waals surface area contributed by atoms with E-state index in [4.69, 9.17) is 43.6 Å². The Bertz CT molecular complexity index is 209. The number of aliphatic hydroxyl groups is 1. The first-order valence-corrected chi connectivity index (χ1v) is 6.27. The topological polar surface area (TPSA) is 176 Å². The molecule has 0 aliphatic carbocycles. The molecule has 0 heterocycles. The summed E-state index contributed by atoms with van der Waals surface area (Å²) in [5.41, 5.74) is 0. The molecule has 0 radical (unpaired) electrons. The fraction of sp³-hybridized carbons (Fsp3) is 0.500. The van der Waals surface area contributed by atoms with Crippen molar-refractivity contribution >= 4 is 74.8 Å². The van der Waals surface area contributed by atoms with Crippen molar-refractivity contribution in [3.8, 4) is 0 Å². The summed E-state index contributed by atoms with van der Waals surface area (Å²) >= 11 is 0. The zero-order chi connectivity index (χ0) is 13.3. The minimum atomic E-state index is -4.64. The van der Waals surface area contributed by atoms with Gasteiger partial charge in [0.15, 0.2) is 0 Å². The van der Waals surface area contributed by atoms with Gasteiger partial charge in [0.05, 0.1) is 6.10 Å². The third-order valence-electron chi connectivity index (χ3n) is 0.341. The zero-order valence-electron chi connectivity index (χ0n) is 7.70. The summed E-state index contributed by atoms with van der Waals surface area (Å²) in [7, 11) is -9.28. The number of phosphoric acid groups is 2. The first-order chi connectivity index (χ1) is 6.27. The van der Waals surface area contributed by atoms with Crippen LogP contribution in [0, 0.1) is 0 Å². The fourth-order valence-electron chi connectivity index (χ4n) is 0. The van der Waals surface area contributed by atoms with Gasteiger partial charge in [-0.2, -0.15) is 0 Å². The number of aliphatic hydroxyl groups excluding tert-OH is 1. The predicted octanol–water partition coefficient (Wildman–Crippen LogP) is -2.60. The van der Waals surface area contributed by atoms with E-state index in [1.54, 1.807) is 6.92 Å². The van der Waals surface area contributed by atoms with Crippen molar-refractivity contribution in [3.05, 3.63) is 12.7 Å². The average Bonchev–Trinajstić information content (AvgIpc) is 1.79. The van der Waals surface area contributed by atoms with Gasteiger partial charge in [-0.15, -0.1) is 6.58 Å². The van der Waals surface area contributed by atoms with Crippen molar-refractivity contribution in [2.75, 3.05) is 0 Å². The molecule has 13 heteroatoms. The normalized spacial score (nSPS) is 11.1. The van der Waals surface area contributed by atoms with E-state index in [1.165, 1.54) is 6.08 Å². The molecule has 0 amide bonds. The number of hydrogen-bond donors (Lipinski definition) is 7. The van der Waals surface area contributed by atoms with Crippen LogP contribution in [0.5, 0.6) is 0 Å². The standard InChI is InChI=1S/C4H8O.2Na.2H3O4P.2H/c1-3-4(2)5;;;2*1-5(2,3)4;;/h3-5H,1H2,2H3;;;2*(H3,1,2,3,4);;. The molecule has 7 N–H and O–H groups in total. The van der Waals surface area contributed by atoms with Gasteiger partial charge in [0.2, 0.25) is 0 Å². The van der Waals surface area contributed by atoms with Gasteiger partial charge in [0, 0.05) is 0 Å². The maximum absolute atomic E-state index is 8.88. The molecule has 0 fully saturated rings.